The first kappa shape index (κ1) is 7.10. The minimum Gasteiger partial charge on any atom is -0.481 e. The quantitative estimate of drug-likeness (QED) is 0.616. The van der Waals surface area contributed by atoms with Crippen molar-refractivity contribution >= 4 is 5.97 Å². The molecule has 0 heterocycles. The highest BCUT2D eigenvalue weighted by molar-refractivity contribution is 5.68. The molecule has 2 saturated carbocycles. The first-order valence-electron chi connectivity index (χ1n) is 4.06. The van der Waals surface area contributed by atoms with Crippen molar-refractivity contribution in [3.8, 4) is 0 Å². The second-order valence-corrected chi connectivity index (χ2v) is 3.82. The van der Waals surface area contributed by atoms with E-state index < -0.39 is 11.6 Å². The van der Waals surface area contributed by atoms with Gasteiger partial charge in [0.05, 0.1) is 12.0 Å². The third-order valence-electron chi connectivity index (χ3n) is 3.02. The summed E-state index contributed by atoms with van der Waals surface area (Å²) in [5.74, 6) is 0.0676. The second-order valence-electron chi connectivity index (χ2n) is 3.82. The van der Waals surface area contributed by atoms with Gasteiger partial charge in [-0.2, -0.15) is 0 Å². The molecule has 0 aromatic carbocycles. The Morgan fingerprint density at radius 1 is 1.64 bits per heavy atom. The van der Waals surface area contributed by atoms with Gasteiger partial charge < -0.3 is 10.2 Å². The Morgan fingerprint density at radius 2 is 2.36 bits per heavy atom. The van der Waals surface area contributed by atoms with Crippen LogP contribution in [0.25, 0.3) is 0 Å². The van der Waals surface area contributed by atoms with Crippen molar-refractivity contribution in [1.29, 1.82) is 0 Å². The maximum Gasteiger partial charge on any atom is 0.306 e. The van der Waals surface area contributed by atoms with Gasteiger partial charge in [-0.15, -0.1) is 0 Å². The topological polar surface area (TPSA) is 57.5 Å². The molecule has 0 spiro atoms. The molecular formula is C8H12O3. The highest BCUT2D eigenvalue weighted by atomic mass is 16.4. The largest absolute Gasteiger partial charge is 0.481 e. The Kier molecular flexibility index (Phi) is 1.27. The fourth-order valence-corrected chi connectivity index (χ4v) is 2.33. The fraction of sp³-hybridized carbons (Fsp3) is 0.875. The summed E-state index contributed by atoms with van der Waals surface area (Å²) < 4.78 is 0. The lowest BCUT2D eigenvalue weighted by Gasteiger charge is -2.21. The van der Waals surface area contributed by atoms with E-state index in [1.165, 1.54) is 0 Å². The molecule has 3 heteroatoms. The molecule has 0 bridgehead atoms. The number of hydrogen-bond donors (Lipinski definition) is 2. The predicted molar refractivity (Wildman–Crippen MR) is 38.0 cm³/mol. The average Bonchev–Trinajstić information content (AvgIpc) is 2.55. The summed E-state index contributed by atoms with van der Waals surface area (Å²) in [6, 6.07) is 0. The molecule has 0 aromatic rings. The lowest BCUT2D eigenvalue weighted by molar-refractivity contribution is -0.143. The molecule has 11 heavy (non-hydrogen) atoms. The minimum absolute atomic E-state index is 0.0613. The lowest BCUT2D eigenvalue weighted by atomic mass is 9.94. The van der Waals surface area contributed by atoms with E-state index in [-0.39, 0.29) is 6.42 Å². The van der Waals surface area contributed by atoms with Crippen LogP contribution in [0.15, 0.2) is 0 Å². The van der Waals surface area contributed by atoms with Gasteiger partial charge in [0.15, 0.2) is 0 Å². The Hall–Kier alpha value is -0.570. The standard InChI is InChI=1S/C8H12O3/c9-7(10)4-8(11)2-1-5-3-6(5)8/h5-6,11H,1-4H2,(H,9,10). The SMILES string of the molecule is O=C(O)CC1(O)CCC2CC21. The van der Waals surface area contributed by atoms with Gasteiger partial charge in [0.25, 0.3) is 0 Å². The van der Waals surface area contributed by atoms with Crippen LogP contribution in [0.1, 0.15) is 25.7 Å². The van der Waals surface area contributed by atoms with Crippen LogP contribution in [0.2, 0.25) is 0 Å². The van der Waals surface area contributed by atoms with Gasteiger partial charge in [0.1, 0.15) is 0 Å². The summed E-state index contributed by atoms with van der Waals surface area (Å²) in [5.41, 5.74) is -0.851. The van der Waals surface area contributed by atoms with E-state index in [1.54, 1.807) is 0 Å². The molecule has 0 aromatic heterocycles. The number of carbonyl (C=O) groups is 1. The summed E-state index contributed by atoms with van der Waals surface area (Å²) in [6.07, 6.45) is 2.70. The monoisotopic (exact) mass is 156 g/mol. The van der Waals surface area contributed by atoms with Gasteiger partial charge in [0.2, 0.25) is 0 Å². The zero-order valence-corrected chi connectivity index (χ0v) is 6.29. The summed E-state index contributed by atoms with van der Waals surface area (Å²) in [5, 5.41) is 18.3. The summed E-state index contributed by atoms with van der Waals surface area (Å²) in [6.45, 7) is 0. The first-order chi connectivity index (χ1) is 5.12. The van der Waals surface area contributed by atoms with Gasteiger partial charge in [0, 0.05) is 0 Å². The summed E-state index contributed by atoms with van der Waals surface area (Å²) in [7, 11) is 0. The van der Waals surface area contributed by atoms with Crippen LogP contribution in [-0.2, 0) is 4.79 Å². The van der Waals surface area contributed by atoms with Gasteiger partial charge in [-0.25, -0.2) is 0 Å². The van der Waals surface area contributed by atoms with E-state index in [9.17, 15) is 9.90 Å². The zero-order valence-electron chi connectivity index (χ0n) is 6.29. The Balaban J connectivity index is 2.04. The van der Waals surface area contributed by atoms with Crippen molar-refractivity contribution in [3.63, 3.8) is 0 Å². The van der Waals surface area contributed by atoms with E-state index in [0.717, 1.165) is 12.8 Å². The third kappa shape index (κ3) is 1.03. The first-order valence-corrected chi connectivity index (χ1v) is 4.06. The van der Waals surface area contributed by atoms with Crippen LogP contribution < -0.4 is 0 Å². The smallest absolute Gasteiger partial charge is 0.306 e. The van der Waals surface area contributed by atoms with Crippen LogP contribution in [0, 0.1) is 11.8 Å². The van der Waals surface area contributed by atoms with Crippen LogP contribution in [0.4, 0.5) is 0 Å². The van der Waals surface area contributed by atoms with E-state index in [0.29, 0.717) is 18.3 Å². The van der Waals surface area contributed by atoms with Crippen LogP contribution >= 0.6 is 0 Å². The van der Waals surface area contributed by atoms with Crippen molar-refractivity contribution in [3.05, 3.63) is 0 Å². The Morgan fingerprint density at radius 3 is 2.73 bits per heavy atom. The van der Waals surface area contributed by atoms with E-state index in [4.69, 9.17) is 5.11 Å². The molecule has 2 fully saturated rings. The van der Waals surface area contributed by atoms with Gasteiger partial charge in [-0.05, 0) is 31.1 Å². The van der Waals surface area contributed by atoms with Gasteiger partial charge in [-0.1, -0.05) is 0 Å². The molecule has 2 N–H and O–H groups in total. The Labute approximate surface area is 65.0 Å². The summed E-state index contributed by atoms with van der Waals surface area (Å²) >= 11 is 0. The number of hydrogen-bond acceptors (Lipinski definition) is 2. The predicted octanol–water partition coefficient (Wildman–Crippen LogP) is 0.622. The number of fused-ring (bicyclic) bond motifs is 1. The van der Waals surface area contributed by atoms with Crippen LogP contribution in [0.3, 0.4) is 0 Å². The maximum atomic E-state index is 10.4. The molecule has 2 aliphatic carbocycles. The van der Waals surface area contributed by atoms with E-state index in [2.05, 4.69) is 0 Å². The van der Waals surface area contributed by atoms with Gasteiger partial charge in [-0.3, -0.25) is 4.79 Å². The highest BCUT2D eigenvalue weighted by Gasteiger charge is 2.57. The molecule has 62 valence electrons. The van der Waals surface area contributed by atoms with Crippen LogP contribution in [0.5, 0.6) is 0 Å². The number of aliphatic hydroxyl groups is 1. The van der Waals surface area contributed by atoms with Crippen LogP contribution in [-0.4, -0.2) is 21.8 Å². The zero-order chi connectivity index (χ0) is 8.06. The molecule has 3 nitrogen and oxygen atoms in total. The molecular weight excluding hydrogens is 144 g/mol. The molecule has 3 unspecified atom stereocenters. The molecule has 0 saturated heterocycles. The molecule has 2 rings (SSSR count). The van der Waals surface area contributed by atoms with E-state index in [1.807, 2.05) is 0 Å². The van der Waals surface area contributed by atoms with Crippen molar-refractivity contribution < 1.29 is 15.0 Å². The molecule has 0 aliphatic heterocycles. The number of carboxylic acids is 1. The minimum atomic E-state index is -0.875. The normalized spacial score (nSPS) is 47.0. The molecule has 3 atom stereocenters. The Bertz CT molecular complexity index is 202. The van der Waals surface area contributed by atoms with Crippen molar-refractivity contribution in [2.24, 2.45) is 11.8 Å². The van der Waals surface area contributed by atoms with Crippen molar-refractivity contribution in [2.45, 2.75) is 31.3 Å². The molecule has 0 amide bonds. The number of aliphatic carboxylic acids is 1. The highest BCUT2D eigenvalue weighted by Crippen LogP contribution is 2.58. The fourth-order valence-electron chi connectivity index (χ4n) is 2.33. The number of carboxylic acid groups (broad SMARTS) is 1. The summed E-state index contributed by atoms with van der Waals surface area (Å²) in [4.78, 5) is 10.4. The van der Waals surface area contributed by atoms with Crippen molar-refractivity contribution in [1.82, 2.24) is 0 Å². The second kappa shape index (κ2) is 1.97. The third-order valence-corrected chi connectivity index (χ3v) is 3.02. The molecule has 0 radical (unpaired) electrons. The molecule has 2 aliphatic rings. The van der Waals surface area contributed by atoms with E-state index >= 15 is 0 Å². The maximum absolute atomic E-state index is 10.4. The van der Waals surface area contributed by atoms with Gasteiger partial charge >= 0.3 is 5.97 Å². The number of rotatable bonds is 2. The van der Waals surface area contributed by atoms with Crippen molar-refractivity contribution in [2.75, 3.05) is 0 Å². The average molecular weight is 156 g/mol. The lowest BCUT2D eigenvalue weighted by Crippen LogP contribution is -2.31.